The van der Waals surface area contributed by atoms with E-state index in [1.807, 2.05) is 0 Å². The molecule has 1 N–H and O–H groups in total. The second-order valence-electron chi connectivity index (χ2n) is 2.67. The van der Waals surface area contributed by atoms with Gasteiger partial charge in [0.1, 0.15) is 6.10 Å². The summed E-state index contributed by atoms with van der Waals surface area (Å²) in [4.78, 5) is 11.1. The Morgan fingerprint density at radius 3 is 2.46 bits per heavy atom. The predicted octanol–water partition coefficient (Wildman–Crippen LogP) is 1.53. The van der Waals surface area contributed by atoms with Crippen LogP contribution in [0.3, 0.4) is 0 Å². The van der Waals surface area contributed by atoms with E-state index in [1.54, 1.807) is 0 Å². The third-order valence-corrected chi connectivity index (χ3v) is 1.58. The van der Waals surface area contributed by atoms with Crippen molar-refractivity contribution in [3.8, 4) is 0 Å². The van der Waals surface area contributed by atoms with Crippen LogP contribution in [0.15, 0.2) is 18.2 Å². The summed E-state index contributed by atoms with van der Waals surface area (Å²) < 4.78 is 25.0. The summed E-state index contributed by atoms with van der Waals surface area (Å²) in [7, 11) is 0. The fourth-order valence-corrected chi connectivity index (χ4v) is 0.891. The number of hydrogen-bond acceptors (Lipinski definition) is 2. The Morgan fingerprint density at radius 1 is 1.38 bits per heavy atom. The molecule has 0 saturated heterocycles. The van der Waals surface area contributed by atoms with Crippen LogP contribution in [0.25, 0.3) is 0 Å². The summed E-state index contributed by atoms with van der Waals surface area (Å²) in [6.07, 6.45) is -1.20. The Balaban J connectivity index is 3.04. The van der Waals surface area contributed by atoms with E-state index in [0.29, 0.717) is 0 Å². The minimum Gasteiger partial charge on any atom is -0.385 e. The second kappa shape index (κ2) is 3.62. The zero-order valence-corrected chi connectivity index (χ0v) is 6.92. The molecule has 1 aromatic rings. The van der Waals surface area contributed by atoms with Gasteiger partial charge in [-0.25, -0.2) is 8.78 Å². The number of Topliss-reactive ketones (excluding diaryl/α,β-unsaturated/α-hetero) is 1. The van der Waals surface area contributed by atoms with Gasteiger partial charge < -0.3 is 5.11 Å². The highest BCUT2D eigenvalue weighted by Gasteiger charge is 2.13. The first-order valence-electron chi connectivity index (χ1n) is 3.69. The molecule has 0 fully saturated rings. The van der Waals surface area contributed by atoms with Gasteiger partial charge in [-0.2, -0.15) is 0 Å². The van der Waals surface area contributed by atoms with Crippen molar-refractivity contribution >= 4 is 5.78 Å². The molecule has 0 spiro atoms. The molecule has 70 valence electrons. The maximum atomic E-state index is 12.6. The molecule has 0 saturated carbocycles. The topological polar surface area (TPSA) is 37.3 Å². The molecule has 13 heavy (non-hydrogen) atoms. The lowest BCUT2D eigenvalue weighted by atomic mass is 10.1. The molecule has 0 bridgehead atoms. The second-order valence-corrected chi connectivity index (χ2v) is 2.67. The van der Waals surface area contributed by atoms with Gasteiger partial charge >= 0.3 is 0 Å². The highest BCUT2D eigenvalue weighted by molar-refractivity contribution is 5.98. The van der Waals surface area contributed by atoms with Gasteiger partial charge in [-0.3, -0.25) is 4.79 Å². The summed E-state index contributed by atoms with van der Waals surface area (Å²) in [5.74, 6) is -2.73. The molecule has 1 atom stereocenters. The summed E-state index contributed by atoms with van der Waals surface area (Å²) >= 11 is 0. The number of ketones is 1. The first-order chi connectivity index (χ1) is 6.02. The first kappa shape index (κ1) is 9.80. The number of carbonyl (C=O) groups excluding carboxylic acids is 1. The lowest BCUT2D eigenvalue weighted by Gasteiger charge is -2.03. The number of benzene rings is 1. The lowest BCUT2D eigenvalue weighted by molar-refractivity contribution is 0.0779. The van der Waals surface area contributed by atoms with Gasteiger partial charge in [0.15, 0.2) is 17.4 Å². The number of halogens is 2. The third-order valence-electron chi connectivity index (χ3n) is 1.58. The van der Waals surface area contributed by atoms with E-state index < -0.39 is 23.5 Å². The first-order valence-corrected chi connectivity index (χ1v) is 3.69. The normalized spacial score (nSPS) is 12.6. The number of carbonyl (C=O) groups is 1. The highest BCUT2D eigenvalue weighted by Crippen LogP contribution is 2.10. The highest BCUT2D eigenvalue weighted by atomic mass is 19.2. The number of rotatable bonds is 2. The lowest BCUT2D eigenvalue weighted by Crippen LogP contribution is -2.16. The Labute approximate surface area is 73.8 Å². The van der Waals surface area contributed by atoms with Crippen molar-refractivity contribution in [3.05, 3.63) is 35.4 Å². The molecule has 1 aromatic carbocycles. The van der Waals surface area contributed by atoms with Gasteiger partial charge in [0.25, 0.3) is 0 Å². The molecular formula is C9H8F2O2. The molecule has 0 heterocycles. The van der Waals surface area contributed by atoms with Gasteiger partial charge in [0.2, 0.25) is 0 Å². The van der Waals surface area contributed by atoms with Crippen molar-refractivity contribution in [3.63, 3.8) is 0 Å². The van der Waals surface area contributed by atoms with E-state index in [4.69, 9.17) is 5.11 Å². The average Bonchev–Trinajstić information content (AvgIpc) is 2.08. The average molecular weight is 186 g/mol. The van der Waals surface area contributed by atoms with Crippen LogP contribution in [-0.4, -0.2) is 17.0 Å². The van der Waals surface area contributed by atoms with E-state index in [2.05, 4.69) is 0 Å². The van der Waals surface area contributed by atoms with Gasteiger partial charge in [0, 0.05) is 5.56 Å². The Morgan fingerprint density at radius 2 is 2.00 bits per heavy atom. The minimum absolute atomic E-state index is 0.0334. The quantitative estimate of drug-likeness (QED) is 0.711. The molecule has 0 aliphatic heterocycles. The third kappa shape index (κ3) is 2.09. The number of hydrogen-bond donors (Lipinski definition) is 1. The molecule has 0 radical (unpaired) electrons. The van der Waals surface area contributed by atoms with Gasteiger partial charge in [0.05, 0.1) is 0 Å². The van der Waals surface area contributed by atoms with Crippen LogP contribution in [0.5, 0.6) is 0 Å². The van der Waals surface area contributed by atoms with Crippen molar-refractivity contribution in [1.29, 1.82) is 0 Å². The van der Waals surface area contributed by atoms with Crippen LogP contribution in [0.4, 0.5) is 8.78 Å². The zero-order valence-electron chi connectivity index (χ0n) is 6.92. The predicted molar refractivity (Wildman–Crippen MR) is 42.4 cm³/mol. The van der Waals surface area contributed by atoms with E-state index in [0.717, 1.165) is 18.2 Å². The summed E-state index contributed by atoms with van der Waals surface area (Å²) in [5.41, 5.74) is -0.0334. The van der Waals surface area contributed by atoms with Crippen molar-refractivity contribution in [2.75, 3.05) is 0 Å². The summed E-state index contributed by atoms with van der Waals surface area (Å²) in [5, 5.41) is 8.87. The molecule has 0 aliphatic carbocycles. The summed E-state index contributed by atoms with van der Waals surface area (Å²) in [6.45, 7) is 1.27. The van der Waals surface area contributed by atoms with Gasteiger partial charge in [-0.05, 0) is 25.1 Å². The Bertz CT molecular complexity index is 334. The van der Waals surface area contributed by atoms with E-state index >= 15 is 0 Å². The van der Waals surface area contributed by atoms with Crippen LogP contribution in [0.1, 0.15) is 17.3 Å². The van der Waals surface area contributed by atoms with E-state index in [9.17, 15) is 13.6 Å². The smallest absolute Gasteiger partial charge is 0.191 e. The van der Waals surface area contributed by atoms with E-state index in [-0.39, 0.29) is 5.56 Å². The minimum atomic E-state index is -1.20. The van der Waals surface area contributed by atoms with Crippen LogP contribution < -0.4 is 0 Å². The van der Waals surface area contributed by atoms with Crippen molar-refractivity contribution in [2.24, 2.45) is 0 Å². The standard InChI is InChI=1S/C9H8F2O2/c1-5(12)9(13)6-2-3-7(10)8(11)4-6/h2-5,12H,1H3. The summed E-state index contributed by atoms with van der Waals surface area (Å²) in [6, 6.07) is 2.75. The maximum Gasteiger partial charge on any atom is 0.191 e. The molecular weight excluding hydrogens is 178 g/mol. The SMILES string of the molecule is CC(O)C(=O)c1ccc(F)c(F)c1. The number of aliphatic hydroxyl groups is 1. The van der Waals surface area contributed by atoms with Crippen molar-refractivity contribution in [1.82, 2.24) is 0 Å². The van der Waals surface area contributed by atoms with Gasteiger partial charge in [-0.15, -0.1) is 0 Å². The molecule has 0 aliphatic rings. The van der Waals surface area contributed by atoms with Crippen LogP contribution in [-0.2, 0) is 0 Å². The largest absolute Gasteiger partial charge is 0.385 e. The monoisotopic (exact) mass is 186 g/mol. The molecule has 1 rings (SSSR count). The van der Waals surface area contributed by atoms with E-state index in [1.165, 1.54) is 6.92 Å². The Hall–Kier alpha value is -1.29. The molecule has 0 amide bonds. The Kier molecular flexibility index (Phi) is 2.72. The van der Waals surface area contributed by atoms with Crippen molar-refractivity contribution < 1.29 is 18.7 Å². The van der Waals surface area contributed by atoms with Crippen LogP contribution in [0, 0.1) is 11.6 Å². The number of aliphatic hydroxyl groups excluding tert-OH is 1. The molecule has 1 unspecified atom stereocenters. The molecule has 2 nitrogen and oxygen atoms in total. The maximum absolute atomic E-state index is 12.6. The zero-order chi connectivity index (χ0) is 10.0. The fraction of sp³-hybridized carbons (Fsp3) is 0.222. The molecule has 0 aromatic heterocycles. The fourth-order valence-electron chi connectivity index (χ4n) is 0.891. The van der Waals surface area contributed by atoms with Gasteiger partial charge in [-0.1, -0.05) is 0 Å². The molecule has 4 heteroatoms. The van der Waals surface area contributed by atoms with Crippen LogP contribution >= 0.6 is 0 Å². The van der Waals surface area contributed by atoms with Crippen molar-refractivity contribution in [2.45, 2.75) is 13.0 Å². The van der Waals surface area contributed by atoms with Crippen LogP contribution in [0.2, 0.25) is 0 Å².